The highest BCUT2D eigenvalue weighted by Crippen LogP contribution is 2.65. The number of benzene rings is 1. The molecule has 1 aromatic heterocycles. The van der Waals surface area contributed by atoms with Crippen molar-refractivity contribution in [3.05, 3.63) is 42.1 Å². The summed E-state index contributed by atoms with van der Waals surface area (Å²) in [6, 6.07) is 9.15. The zero-order valence-electron chi connectivity index (χ0n) is 19.9. The van der Waals surface area contributed by atoms with Gasteiger partial charge in [0.15, 0.2) is 0 Å². The van der Waals surface area contributed by atoms with E-state index in [1.807, 2.05) is 18.2 Å². The second-order valence-electron chi connectivity index (χ2n) is 10.7. The van der Waals surface area contributed by atoms with Gasteiger partial charge in [-0.05, 0) is 59.2 Å². The van der Waals surface area contributed by atoms with Crippen LogP contribution in [0.1, 0.15) is 59.4 Å². The molecule has 0 radical (unpaired) electrons. The molecule has 8 heteroatoms. The van der Waals surface area contributed by atoms with Crippen LogP contribution in [0.2, 0.25) is 0 Å². The topological polar surface area (TPSA) is 101 Å². The number of hydrogen-bond donors (Lipinski definition) is 2. The number of pyridine rings is 1. The number of carbonyl (C=O) groups excluding carboxylic acids is 1. The Morgan fingerprint density at radius 3 is 2.55 bits per heavy atom. The maximum Gasteiger partial charge on any atom is 0.408 e. The maximum absolute atomic E-state index is 12.9. The van der Waals surface area contributed by atoms with Crippen LogP contribution in [-0.4, -0.2) is 44.7 Å². The van der Waals surface area contributed by atoms with Crippen LogP contribution in [-0.2, 0) is 4.79 Å². The molecule has 1 saturated carbocycles. The van der Waals surface area contributed by atoms with Crippen LogP contribution in [0, 0.1) is 5.41 Å². The van der Waals surface area contributed by atoms with E-state index in [4.69, 9.17) is 9.47 Å². The molecule has 2 aromatic rings. The average molecular weight is 454 g/mol. The first kappa shape index (κ1) is 22.9. The third kappa shape index (κ3) is 4.21. The van der Waals surface area contributed by atoms with Gasteiger partial charge < -0.3 is 19.9 Å². The van der Waals surface area contributed by atoms with Gasteiger partial charge in [-0.1, -0.05) is 13.0 Å². The van der Waals surface area contributed by atoms with E-state index in [1.54, 1.807) is 46.8 Å². The molecule has 1 fully saturated rings. The van der Waals surface area contributed by atoms with Crippen molar-refractivity contribution >= 4 is 17.7 Å². The Morgan fingerprint density at radius 1 is 1.21 bits per heavy atom. The highest BCUT2D eigenvalue weighted by Gasteiger charge is 2.56. The molecule has 2 atom stereocenters. The van der Waals surface area contributed by atoms with Crippen LogP contribution >= 0.6 is 0 Å². The van der Waals surface area contributed by atoms with E-state index in [0.717, 1.165) is 35.0 Å². The second kappa shape index (κ2) is 7.64. The van der Waals surface area contributed by atoms with Crippen molar-refractivity contribution < 1.29 is 24.2 Å². The average Bonchev–Trinajstić information content (AvgIpc) is 3.39. The molecule has 1 aromatic carbocycles. The number of carboxylic acid groups (broad SMARTS) is 1. The monoisotopic (exact) mass is 453 g/mol. The van der Waals surface area contributed by atoms with E-state index < -0.39 is 23.1 Å². The minimum atomic E-state index is -1.29. The van der Waals surface area contributed by atoms with Gasteiger partial charge in [0.05, 0.1) is 18.5 Å². The van der Waals surface area contributed by atoms with Crippen molar-refractivity contribution in [2.75, 3.05) is 11.9 Å². The lowest BCUT2D eigenvalue weighted by Crippen LogP contribution is -2.61. The summed E-state index contributed by atoms with van der Waals surface area (Å²) in [6.07, 6.45) is 1.42. The molecule has 2 heterocycles. The molecule has 1 aliphatic heterocycles. The Morgan fingerprint density at radius 2 is 1.94 bits per heavy atom. The highest BCUT2D eigenvalue weighted by molar-refractivity contribution is 5.99. The van der Waals surface area contributed by atoms with Gasteiger partial charge in [-0.25, -0.2) is 9.78 Å². The summed E-state index contributed by atoms with van der Waals surface area (Å²) in [6.45, 7) is 11.4. The fraction of sp³-hybridized carbons (Fsp3) is 0.480. The Hall–Kier alpha value is -3.29. The Kier molecular flexibility index (Phi) is 5.30. The molecule has 176 valence electrons. The summed E-state index contributed by atoms with van der Waals surface area (Å²) >= 11 is 0. The van der Waals surface area contributed by atoms with E-state index in [0.29, 0.717) is 17.5 Å². The van der Waals surface area contributed by atoms with Gasteiger partial charge >= 0.3 is 6.09 Å². The summed E-state index contributed by atoms with van der Waals surface area (Å²) in [5.41, 5.74) is -0.327. The van der Waals surface area contributed by atoms with E-state index in [2.05, 4.69) is 17.2 Å². The Balaban J connectivity index is 1.48. The molecule has 1 aliphatic carbocycles. The predicted molar refractivity (Wildman–Crippen MR) is 124 cm³/mol. The number of hydrogen-bond acceptors (Lipinski definition) is 5. The maximum atomic E-state index is 12.9. The van der Waals surface area contributed by atoms with Crippen LogP contribution < -0.4 is 14.8 Å². The molecule has 33 heavy (non-hydrogen) atoms. The quantitative estimate of drug-likeness (QED) is 0.641. The number of rotatable bonds is 5. The van der Waals surface area contributed by atoms with E-state index >= 15 is 0 Å². The molecule has 2 N–H and O–H groups in total. The van der Waals surface area contributed by atoms with Gasteiger partial charge in [-0.15, -0.1) is 0 Å². The normalized spacial score (nSPS) is 21.2. The fourth-order valence-electron chi connectivity index (χ4n) is 4.72. The summed E-state index contributed by atoms with van der Waals surface area (Å²) in [5.74, 6) is 1.97. The Labute approximate surface area is 193 Å². The molecular formula is C25H31N3O5. The van der Waals surface area contributed by atoms with Gasteiger partial charge in [0.25, 0.3) is 0 Å². The first-order chi connectivity index (χ1) is 15.3. The summed E-state index contributed by atoms with van der Waals surface area (Å²) in [7, 11) is 0. The SMILES string of the molecule is CC12COc3cccc(Oc4ccc(NC(=O)C(C)(C)N(C(=O)O)C(C)(C)C)cn4)c3C1C2. The van der Waals surface area contributed by atoms with Crippen LogP contribution in [0.25, 0.3) is 0 Å². The van der Waals surface area contributed by atoms with Crippen LogP contribution in [0.3, 0.4) is 0 Å². The van der Waals surface area contributed by atoms with Crippen molar-refractivity contribution in [3.8, 4) is 17.4 Å². The number of ether oxygens (including phenoxy) is 2. The summed E-state index contributed by atoms with van der Waals surface area (Å²) in [5, 5.41) is 12.4. The molecule has 0 spiro atoms. The summed E-state index contributed by atoms with van der Waals surface area (Å²) < 4.78 is 12.0. The highest BCUT2D eigenvalue weighted by atomic mass is 16.5. The molecule has 2 unspecified atom stereocenters. The number of anilines is 1. The van der Waals surface area contributed by atoms with Crippen LogP contribution in [0.15, 0.2) is 36.5 Å². The lowest BCUT2D eigenvalue weighted by Gasteiger charge is -2.43. The van der Waals surface area contributed by atoms with E-state index in [1.165, 1.54) is 6.20 Å². The summed E-state index contributed by atoms with van der Waals surface area (Å²) in [4.78, 5) is 30.2. The third-order valence-electron chi connectivity index (χ3n) is 6.47. The zero-order valence-corrected chi connectivity index (χ0v) is 19.9. The molecule has 0 bridgehead atoms. The van der Waals surface area contributed by atoms with Crippen LogP contribution in [0.4, 0.5) is 10.5 Å². The van der Waals surface area contributed by atoms with Crippen molar-refractivity contribution in [2.24, 2.45) is 5.41 Å². The number of aromatic nitrogens is 1. The van der Waals surface area contributed by atoms with E-state index in [9.17, 15) is 14.7 Å². The van der Waals surface area contributed by atoms with Gasteiger partial charge in [0.1, 0.15) is 17.0 Å². The lowest BCUT2D eigenvalue weighted by atomic mass is 9.94. The molecule has 8 nitrogen and oxygen atoms in total. The molecule has 2 aliphatic rings. The molecule has 4 rings (SSSR count). The predicted octanol–water partition coefficient (Wildman–Crippen LogP) is 5.26. The van der Waals surface area contributed by atoms with Crippen LogP contribution in [0.5, 0.6) is 17.4 Å². The Bertz CT molecular complexity index is 1090. The van der Waals surface area contributed by atoms with Gasteiger partial charge in [0, 0.05) is 28.5 Å². The number of nitrogens with zero attached hydrogens (tertiary/aromatic N) is 2. The van der Waals surface area contributed by atoms with E-state index in [-0.39, 0.29) is 5.41 Å². The molecule has 0 saturated heterocycles. The van der Waals surface area contributed by atoms with Crippen molar-refractivity contribution in [2.45, 2.75) is 65.0 Å². The molecular weight excluding hydrogens is 422 g/mol. The first-order valence-electron chi connectivity index (χ1n) is 11.1. The van der Waals surface area contributed by atoms with Gasteiger partial charge in [0.2, 0.25) is 11.8 Å². The minimum absolute atomic E-state index is 0.178. The smallest absolute Gasteiger partial charge is 0.408 e. The van der Waals surface area contributed by atoms with Gasteiger partial charge in [-0.2, -0.15) is 0 Å². The standard InChI is InChI=1S/C25H31N3O5/c1-23(2,3)28(22(30)31)24(4,5)21(29)27-15-10-11-19(26-13-15)33-18-9-7-8-17-20(18)16-12-25(16,6)14-32-17/h7-11,13,16H,12,14H2,1-6H3,(H,27,29)(H,30,31). The van der Waals surface area contributed by atoms with Crippen molar-refractivity contribution in [3.63, 3.8) is 0 Å². The fourth-order valence-corrected chi connectivity index (χ4v) is 4.72. The largest absolute Gasteiger partial charge is 0.493 e. The number of amides is 2. The number of carbonyl (C=O) groups is 2. The van der Waals surface area contributed by atoms with Crippen molar-refractivity contribution in [1.29, 1.82) is 0 Å². The third-order valence-corrected chi connectivity index (χ3v) is 6.47. The lowest BCUT2D eigenvalue weighted by molar-refractivity contribution is -0.128. The first-order valence-corrected chi connectivity index (χ1v) is 11.1. The number of nitrogens with one attached hydrogen (secondary N) is 1. The number of fused-ring (bicyclic) bond motifs is 3. The molecule has 2 amide bonds. The zero-order chi connectivity index (χ0) is 24.2. The van der Waals surface area contributed by atoms with Gasteiger partial charge in [-0.3, -0.25) is 9.69 Å². The second-order valence-corrected chi connectivity index (χ2v) is 10.7. The van der Waals surface area contributed by atoms with Crippen molar-refractivity contribution in [1.82, 2.24) is 9.88 Å². The minimum Gasteiger partial charge on any atom is -0.493 e.